The average molecular weight is 579 g/mol. The Labute approximate surface area is 238 Å². The number of nitro groups is 1. The summed E-state index contributed by atoms with van der Waals surface area (Å²) in [4.78, 5) is 34.9. The molecule has 11 heteroatoms. The van der Waals surface area contributed by atoms with E-state index >= 15 is 0 Å². The van der Waals surface area contributed by atoms with Gasteiger partial charge in [0.1, 0.15) is 0 Å². The minimum Gasteiger partial charge on any atom is -0.479 e. The summed E-state index contributed by atoms with van der Waals surface area (Å²) in [5.74, 6) is -2.39. The number of hydrogen-bond donors (Lipinski definition) is 1. The lowest BCUT2D eigenvalue weighted by molar-refractivity contribution is -0.385. The van der Waals surface area contributed by atoms with Crippen molar-refractivity contribution in [2.75, 3.05) is 0 Å². The zero-order valence-corrected chi connectivity index (χ0v) is 22.2. The van der Waals surface area contributed by atoms with Gasteiger partial charge >= 0.3 is 12.1 Å². The number of allylic oxidation sites excluding steroid dienone is 2. The van der Waals surface area contributed by atoms with Crippen LogP contribution in [0.15, 0.2) is 85.1 Å². The molecule has 0 spiro atoms. The van der Waals surface area contributed by atoms with Crippen LogP contribution in [-0.2, 0) is 22.7 Å². The summed E-state index contributed by atoms with van der Waals surface area (Å²) in [7, 11) is 0. The number of carbonyl (C=O) groups excluding carboxylic acids is 1. The van der Waals surface area contributed by atoms with E-state index in [9.17, 15) is 32.9 Å². The largest absolute Gasteiger partial charge is 0.479 e. The molecule has 4 rings (SSSR count). The van der Waals surface area contributed by atoms with Gasteiger partial charge in [0.05, 0.1) is 17.1 Å². The Kier molecular flexibility index (Phi) is 9.02. The first-order valence-corrected chi connectivity index (χ1v) is 12.7. The van der Waals surface area contributed by atoms with E-state index in [2.05, 4.69) is 4.74 Å². The van der Waals surface area contributed by atoms with Crippen molar-refractivity contribution in [1.82, 2.24) is 4.57 Å². The number of nitro benzene ring substituents is 1. The summed E-state index contributed by atoms with van der Waals surface area (Å²) in [5.41, 5.74) is 3.09. The number of carbonyl (C=O) groups is 2. The molecule has 1 N–H and O–H groups in total. The molecule has 0 radical (unpaired) electrons. The quantitative estimate of drug-likeness (QED) is 0.0888. The Morgan fingerprint density at radius 1 is 1.07 bits per heavy atom. The van der Waals surface area contributed by atoms with Crippen molar-refractivity contribution in [2.45, 2.75) is 32.4 Å². The van der Waals surface area contributed by atoms with Gasteiger partial charge in [-0.1, -0.05) is 72.3 Å². The lowest BCUT2D eigenvalue weighted by Crippen LogP contribution is -2.38. The lowest BCUT2D eigenvalue weighted by atomic mass is 10.1. The number of carboxylic acids is 1. The summed E-state index contributed by atoms with van der Waals surface area (Å²) >= 11 is 0. The van der Waals surface area contributed by atoms with Crippen LogP contribution in [0, 0.1) is 17.0 Å². The highest BCUT2D eigenvalue weighted by atomic mass is 19.4. The average Bonchev–Trinajstić information content (AvgIpc) is 3.31. The summed E-state index contributed by atoms with van der Waals surface area (Å²) in [6, 6.07) is 18.8. The minimum absolute atomic E-state index is 0.00704. The van der Waals surface area contributed by atoms with Crippen molar-refractivity contribution in [3.63, 3.8) is 0 Å². The lowest BCUT2D eigenvalue weighted by Gasteiger charge is -2.16. The van der Waals surface area contributed by atoms with Gasteiger partial charge in [-0.3, -0.25) is 14.9 Å². The molecule has 0 aliphatic rings. The molecule has 0 unspecified atom stereocenters. The van der Waals surface area contributed by atoms with E-state index in [4.69, 9.17) is 5.11 Å². The van der Waals surface area contributed by atoms with Crippen molar-refractivity contribution in [2.24, 2.45) is 0 Å². The molecule has 0 saturated heterocycles. The highest BCUT2D eigenvalue weighted by Gasteiger charge is 2.46. The molecule has 42 heavy (non-hydrogen) atoms. The van der Waals surface area contributed by atoms with Gasteiger partial charge in [0.25, 0.3) is 11.8 Å². The molecule has 0 bridgehead atoms. The number of fused-ring (bicyclic) bond motifs is 1. The fourth-order valence-corrected chi connectivity index (χ4v) is 4.29. The summed E-state index contributed by atoms with van der Waals surface area (Å²) in [5, 5.41) is 21.2. The van der Waals surface area contributed by atoms with Gasteiger partial charge < -0.3 is 14.4 Å². The molecule has 1 atom stereocenters. The summed E-state index contributed by atoms with van der Waals surface area (Å²) in [6.07, 6.45) is -0.0723. The number of aryl methyl sites for hydroxylation is 1. The molecule has 216 valence electrons. The molecule has 0 amide bonds. The van der Waals surface area contributed by atoms with Crippen LogP contribution in [0.2, 0.25) is 0 Å². The summed E-state index contributed by atoms with van der Waals surface area (Å²) in [6.45, 7) is 1.46. The SMILES string of the molecule is Cc1ccc(C=CC(=O)c2cn(CC=Cc3ccc(CO[C@H](C(=O)O)C(F)(F)F)cc3[N+](=O)[O-])c3ccccc23)cc1. The molecule has 4 aromatic rings. The molecule has 1 aromatic heterocycles. The van der Waals surface area contributed by atoms with Crippen molar-refractivity contribution >= 4 is 40.5 Å². The van der Waals surface area contributed by atoms with Crippen LogP contribution in [0.5, 0.6) is 0 Å². The van der Waals surface area contributed by atoms with Crippen molar-refractivity contribution in [1.29, 1.82) is 0 Å². The molecule has 0 aliphatic carbocycles. The van der Waals surface area contributed by atoms with Crippen molar-refractivity contribution in [3.05, 3.63) is 123 Å². The molecular weight excluding hydrogens is 553 g/mol. The Morgan fingerprint density at radius 3 is 2.45 bits per heavy atom. The molecule has 0 saturated carbocycles. The van der Waals surface area contributed by atoms with Crippen LogP contribution in [-0.4, -0.2) is 38.6 Å². The summed E-state index contributed by atoms with van der Waals surface area (Å²) < 4.78 is 44.8. The van der Waals surface area contributed by atoms with E-state index in [1.807, 2.05) is 60.0 Å². The molecule has 0 aliphatic heterocycles. The van der Waals surface area contributed by atoms with Gasteiger partial charge in [-0.25, -0.2) is 4.79 Å². The number of rotatable bonds is 11. The molecule has 1 heterocycles. The Hall–Kier alpha value is -5.03. The molecule has 0 fully saturated rings. The van der Waals surface area contributed by atoms with Crippen LogP contribution in [0.1, 0.15) is 32.6 Å². The van der Waals surface area contributed by atoms with Gasteiger partial charge in [-0.2, -0.15) is 13.2 Å². The number of para-hydroxylation sites is 1. The smallest absolute Gasteiger partial charge is 0.425 e. The number of benzene rings is 3. The second-order valence-electron chi connectivity index (χ2n) is 9.44. The number of aliphatic carboxylic acids is 1. The van der Waals surface area contributed by atoms with E-state index in [1.165, 1.54) is 24.3 Å². The van der Waals surface area contributed by atoms with E-state index in [0.717, 1.165) is 28.1 Å². The van der Waals surface area contributed by atoms with E-state index in [1.54, 1.807) is 18.3 Å². The van der Waals surface area contributed by atoms with E-state index in [0.29, 0.717) is 5.56 Å². The number of ether oxygens (including phenoxy) is 1. The second-order valence-corrected chi connectivity index (χ2v) is 9.44. The Balaban J connectivity index is 1.52. The third-order valence-corrected chi connectivity index (χ3v) is 6.39. The maximum absolute atomic E-state index is 13.0. The predicted octanol–water partition coefficient (Wildman–Crippen LogP) is 7.00. The predicted molar refractivity (Wildman–Crippen MR) is 151 cm³/mol. The number of halogens is 3. The molecular formula is C31H25F3N2O6. The number of nitrogens with zero attached hydrogens (tertiary/aromatic N) is 2. The minimum atomic E-state index is -5.13. The van der Waals surface area contributed by atoms with Gasteiger partial charge in [0.2, 0.25) is 0 Å². The first-order chi connectivity index (χ1) is 19.9. The first kappa shape index (κ1) is 29.9. The second kappa shape index (κ2) is 12.6. The standard InChI is InChI=1S/C31H25F3N2O6/c1-20-8-10-21(11-9-20)13-15-28(37)25-18-35(26-7-3-2-6-24(25)26)16-4-5-23-14-12-22(17-27(23)36(40)41)19-42-29(30(38)39)31(32,33)34/h2-15,17-18,29H,16,19H2,1H3,(H,38,39)/t29-/m1/s1. The highest BCUT2D eigenvalue weighted by molar-refractivity contribution is 6.14. The maximum Gasteiger partial charge on any atom is 0.425 e. The zero-order chi connectivity index (χ0) is 30.4. The Morgan fingerprint density at radius 2 is 1.79 bits per heavy atom. The molecule has 3 aromatic carbocycles. The number of hydrogen-bond acceptors (Lipinski definition) is 5. The third kappa shape index (κ3) is 7.18. The van der Waals surface area contributed by atoms with Crippen LogP contribution in [0.4, 0.5) is 18.9 Å². The van der Waals surface area contributed by atoms with Crippen molar-refractivity contribution in [3.8, 4) is 0 Å². The number of aromatic nitrogens is 1. The van der Waals surface area contributed by atoms with Crippen LogP contribution >= 0.6 is 0 Å². The number of carboxylic acid groups (broad SMARTS) is 1. The fraction of sp³-hybridized carbons (Fsp3) is 0.161. The van der Waals surface area contributed by atoms with E-state index in [-0.39, 0.29) is 29.1 Å². The van der Waals surface area contributed by atoms with Crippen LogP contribution in [0.25, 0.3) is 23.1 Å². The van der Waals surface area contributed by atoms with Gasteiger partial charge in [-0.15, -0.1) is 0 Å². The van der Waals surface area contributed by atoms with Crippen LogP contribution < -0.4 is 0 Å². The van der Waals surface area contributed by atoms with Crippen molar-refractivity contribution < 1.29 is 37.5 Å². The first-order valence-electron chi connectivity index (χ1n) is 12.7. The third-order valence-electron chi connectivity index (χ3n) is 6.39. The number of alkyl halides is 3. The monoisotopic (exact) mass is 578 g/mol. The van der Waals surface area contributed by atoms with E-state index < -0.39 is 29.8 Å². The van der Waals surface area contributed by atoms with Gasteiger partial charge in [-0.05, 0) is 36.3 Å². The van der Waals surface area contributed by atoms with Crippen LogP contribution in [0.3, 0.4) is 0 Å². The topological polar surface area (TPSA) is 112 Å². The maximum atomic E-state index is 13.0. The van der Waals surface area contributed by atoms with Gasteiger partial charge in [0.15, 0.2) is 5.78 Å². The molecule has 8 nitrogen and oxygen atoms in total. The zero-order valence-electron chi connectivity index (χ0n) is 22.2. The number of ketones is 1. The highest BCUT2D eigenvalue weighted by Crippen LogP contribution is 2.27. The normalized spacial score (nSPS) is 12.8. The fourth-order valence-electron chi connectivity index (χ4n) is 4.29. The van der Waals surface area contributed by atoms with Gasteiger partial charge in [0, 0.05) is 35.3 Å². The Bertz CT molecular complexity index is 1690.